The quantitative estimate of drug-likeness (QED) is 0.873. The van der Waals surface area contributed by atoms with Crippen LogP contribution in [0.1, 0.15) is 25.7 Å². The predicted octanol–water partition coefficient (Wildman–Crippen LogP) is 3.81. The van der Waals surface area contributed by atoms with E-state index in [4.69, 9.17) is 33.7 Å². The fraction of sp³-hybridized carbons (Fsp3) is 0.462. The van der Waals surface area contributed by atoms with Gasteiger partial charge in [0, 0.05) is 21.8 Å². The van der Waals surface area contributed by atoms with Crippen LogP contribution in [0, 0.1) is 0 Å². The van der Waals surface area contributed by atoms with Gasteiger partial charge in [0.1, 0.15) is 6.10 Å². The van der Waals surface area contributed by atoms with E-state index < -0.39 is 6.09 Å². The van der Waals surface area contributed by atoms with Crippen molar-refractivity contribution >= 4 is 35.0 Å². The fourth-order valence-corrected chi connectivity index (χ4v) is 2.66. The molecule has 104 valence electrons. The molecule has 1 aliphatic carbocycles. The van der Waals surface area contributed by atoms with Crippen molar-refractivity contribution in [3.8, 4) is 0 Å². The van der Waals surface area contributed by atoms with Crippen LogP contribution in [0.4, 0.5) is 10.5 Å². The first-order valence-electron chi connectivity index (χ1n) is 6.22. The van der Waals surface area contributed by atoms with Gasteiger partial charge in [0.2, 0.25) is 0 Å². The lowest BCUT2D eigenvalue weighted by atomic mass is 9.94. The molecule has 0 bridgehead atoms. The van der Waals surface area contributed by atoms with Crippen LogP contribution in [0.15, 0.2) is 18.2 Å². The summed E-state index contributed by atoms with van der Waals surface area (Å²) in [5.74, 6) is 0. The van der Waals surface area contributed by atoms with Gasteiger partial charge in [-0.3, -0.25) is 5.32 Å². The molecule has 6 heteroatoms. The molecule has 0 aromatic heterocycles. The molecule has 19 heavy (non-hydrogen) atoms. The second kappa shape index (κ2) is 6.46. The first-order chi connectivity index (χ1) is 9.02. The maximum absolute atomic E-state index is 11.7. The summed E-state index contributed by atoms with van der Waals surface area (Å²) in [4.78, 5) is 11.7. The summed E-state index contributed by atoms with van der Waals surface area (Å²) in [5.41, 5.74) is 6.32. The molecule has 1 fully saturated rings. The number of nitrogens with one attached hydrogen (secondary N) is 1. The third kappa shape index (κ3) is 4.56. The summed E-state index contributed by atoms with van der Waals surface area (Å²) in [5, 5.41) is 3.55. The minimum absolute atomic E-state index is 0.0607. The Bertz CT molecular complexity index is 440. The van der Waals surface area contributed by atoms with Crippen LogP contribution < -0.4 is 11.1 Å². The second-order valence-electron chi connectivity index (χ2n) is 4.73. The third-order valence-corrected chi connectivity index (χ3v) is 3.54. The molecule has 3 N–H and O–H groups in total. The van der Waals surface area contributed by atoms with Crippen molar-refractivity contribution < 1.29 is 9.53 Å². The highest BCUT2D eigenvalue weighted by atomic mass is 35.5. The van der Waals surface area contributed by atoms with E-state index in [1.807, 2.05) is 0 Å². The minimum atomic E-state index is -0.487. The number of nitrogens with two attached hydrogens (primary N) is 1. The summed E-state index contributed by atoms with van der Waals surface area (Å²) in [6.45, 7) is 0. The lowest BCUT2D eigenvalue weighted by Gasteiger charge is -2.25. The molecule has 2 rings (SSSR count). The number of carbonyl (C=O) groups excluding carboxylic acids is 1. The number of carbonyl (C=O) groups is 1. The molecular formula is C13H16Cl2N2O2. The summed E-state index contributed by atoms with van der Waals surface area (Å²) in [6.07, 6.45) is 2.85. The number of halogens is 2. The van der Waals surface area contributed by atoms with Crippen molar-refractivity contribution in [3.05, 3.63) is 28.2 Å². The highest BCUT2D eigenvalue weighted by Crippen LogP contribution is 2.24. The van der Waals surface area contributed by atoms with Crippen LogP contribution in [-0.4, -0.2) is 18.2 Å². The average Bonchev–Trinajstić information content (AvgIpc) is 2.30. The summed E-state index contributed by atoms with van der Waals surface area (Å²) < 4.78 is 5.33. The van der Waals surface area contributed by atoms with E-state index in [1.165, 1.54) is 0 Å². The number of amides is 1. The molecule has 1 saturated carbocycles. The van der Waals surface area contributed by atoms with Gasteiger partial charge in [-0.05, 0) is 43.9 Å². The summed E-state index contributed by atoms with van der Waals surface area (Å²) in [6, 6.07) is 5.06. The Labute approximate surface area is 122 Å². The highest BCUT2D eigenvalue weighted by Gasteiger charge is 2.21. The Morgan fingerprint density at radius 2 is 1.74 bits per heavy atom. The lowest BCUT2D eigenvalue weighted by Crippen LogP contribution is -2.32. The van der Waals surface area contributed by atoms with E-state index >= 15 is 0 Å². The molecule has 0 unspecified atom stereocenters. The minimum Gasteiger partial charge on any atom is -0.446 e. The standard InChI is InChI=1S/C13H16Cl2N2O2/c14-8-5-9(15)7-11(6-8)17-13(18)19-12-3-1-10(16)2-4-12/h5-7,10,12H,1-4,16H2,(H,17,18). The van der Waals surface area contributed by atoms with Gasteiger partial charge >= 0.3 is 6.09 Å². The number of anilines is 1. The number of hydrogen-bond acceptors (Lipinski definition) is 3. The zero-order chi connectivity index (χ0) is 13.8. The molecule has 0 radical (unpaired) electrons. The number of benzene rings is 1. The normalized spacial score (nSPS) is 22.9. The number of rotatable bonds is 2. The summed E-state index contributed by atoms with van der Waals surface area (Å²) >= 11 is 11.7. The van der Waals surface area contributed by atoms with E-state index in [0.29, 0.717) is 15.7 Å². The second-order valence-corrected chi connectivity index (χ2v) is 5.60. The lowest BCUT2D eigenvalue weighted by molar-refractivity contribution is 0.0826. The van der Waals surface area contributed by atoms with Crippen LogP contribution in [0.25, 0.3) is 0 Å². The molecule has 0 saturated heterocycles. The van der Waals surface area contributed by atoms with Crippen molar-refractivity contribution in [2.45, 2.75) is 37.8 Å². The van der Waals surface area contributed by atoms with Crippen LogP contribution in [0.3, 0.4) is 0 Å². The first-order valence-corrected chi connectivity index (χ1v) is 6.98. The summed E-state index contributed by atoms with van der Waals surface area (Å²) in [7, 11) is 0. The molecule has 1 aromatic rings. The number of ether oxygens (including phenoxy) is 1. The van der Waals surface area contributed by atoms with E-state index in [0.717, 1.165) is 25.7 Å². The average molecular weight is 303 g/mol. The van der Waals surface area contributed by atoms with Gasteiger partial charge < -0.3 is 10.5 Å². The van der Waals surface area contributed by atoms with Gasteiger partial charge in [-0.15, -0.1) is 0 Å². The van der Waals surface area contributed by atoms with Crippen LogP contribution in [0.2, 0.25) is 10.0 Å². The Balaban J connectivity index is 1.87. The molecule has 0 aliphatic heterocycles. The van der Waals surface area contributed by atoms with Gasteiger partial charge in [0.15, 0.2) is 0 Å². The van der Waals surface area contributed by atoms with Crippen LogP contribution >= 0.6 is 23.2 Å². The van der Waals surface area contributed by atoms with E-state index in [2.05, 4.69) is 5.32 Å². The van der Waals surface area contributed by atoms with Crippen LogP contribution in [-0.2, 0) is 4.74 Å². The van der Waals surface area contributed by atoms with Gasteiger partial charge in [0.05, 0.1) is 0 Å². The van der Waals surface area contributed by atoms with E-state index in [-0.39, 0.29) is 12.1 Å². The first kappa shape index (κ1) is 14.4. The van der Waals surface area contributed by atoms with Crippen molar-refractivity contribution in [2.24, 2.45) is 5.73 Å². The van der Waals surface area contributed by atoms with Crippen molar-refractivity contribution in [3.63, 3.8) is 0 Å². The molecule has 0 heterocycles. The van der Waals surface area contributed by atoms with Gasteiger partial charge in [0.25, 0.3) is 0 Å². The molecule has 1 aromatic carbocycles. The molecule has 0 atom stereocenters. The molecule has 0 spiro atoms. The van der Waals surface area contributed by atoms with Crippen molar-refractivity contribution in [1.29, 1.82) is 0 Å². The Kier molecular flexibility index (Phi) is 4.91. The smallest absolute Gasteiger partial charge is 0.411 e. The van der Waals surface area contributed by atoms with E-state index in [9.17, 15) is 4.79 Å². The largest absolute Gasteiger partial charge is 0.446 e. The number of hydrogen-bond donors (Lipinski definition) is 2. The Morgan fingerprint density at radius 3 is 2.32 bits per heavy atom. The zero-order valence-corrected chi connectivity index (χ0v) is 11.9. The Morgan fingerprint density at radius 1 is 1.16 bits per heavy atom. The molecule has 1 aliphatic rings. The predicted molar refractivity (Wildman–Crippen MR) is 76.8 cm³/mol. The maximum Gasteiger partial charge on any atom is 0.411 e. The van der Waals surface area contributed by atoms with Crippen LogP contribution in [0.5, 0.6) is 0 Å². The van der Waals surface area contributed by atoms with Gasteiger partial charge in [-0.1, -0.05) is 23.2 Å². The fourth-order valence-electron chi connectivity index (χ4n) is 2.13. The molecule has 4 nitrogen and oxygen atoms in total. The van der Waals surface area contributed by atoms with Crippen molar-refractivity contribution in [2.75, 3.05) is 5.32 Å². The topological polar surface area (TPSA) is 64.3 Å². The van der Waals surface area contributed by atoms with Crippen molar-refractivity contribution in [1.82, 2.24) is 0 Å². The molecule has 1 amide bonds. The van der Waals surface area contributed by atoms with E-state index in [1.54, 1.807) is 18.2 Å². The van der Waals surface area contributed by atoms with Gasteiger partial charge in [-0.2, -0.15) is 0 Å². The third-order valence-electron chi connectivity index (χ3n) is 3.10. The Hall–Kier alpha value is -0.970. The monoisotopic (exact) mass is 302 g/mol. The maximum atomic E-state index is 11.7. The zero-order valence-electron chi connectivity index (χ0n) is 10.4. The highest BCUT2D eigenvalue weighted by molar-refractivity contribution is 6.35. The SMILES string of the molecule is NC1CCC(OC(=O)Nc2cc(Cl)cc(Cl)c2)CC1. The molecular weight excluding hydrogens is 287 g/mol. The van der Waals surface area contributed by atoms with Gasteiger partial charge in [-0.25, -0.2) is 4.79 Å².